The summed E-state index contributed by atoms with van der Waals surface area (Å²) in [4.78, 5) is 18.8. The summed E-state index contributed by atoms with van der Waals surface area (Å²) in [6.45, 7) is 4.52. The summed E-state index contributed by atoms with van der Waals surface area (Å²) in [6, 6.07) is 8.84. The Bertz CT molecular complexity index is 651. The van der Waals surface area contributed by atoms with Gasteiger partial charge in [0.25, 0.3) is 0 Å². The first-order valence-corrected chi connectivity index (χ1v) is 11.7. The third-order valence-corrected chi connectivity index (χ3v) is 6.88. The lowest BCUT2D eigenvalue weighted by Crippen LogP contribution is -2.46. The maximum Gasteiger partial charge on any atom is 0.223 e. The van der Waals surface area contributed by atoms with Crippen LogP contribution in [0.2, 0.25) is 0 Å². The van der Waals surface area contributed by atoms with Gasteiger partial charge in [-0.15, -0.1) is 0 Å². The van der Waals surface area contributed by atoms with Crippen LogP contribution in [0.3, 0.4) is 0 Å². The Morgan fingerprint density at radius 1 is 1.25 bits per heavy atom. The number of rotatable bonds is 7. The number of guanidine groups is 1. The highest BCUT2D eigenvalue weighted by Crippen LogP contribution is 2.28. The van der Waals surface area contributed by atoms with Crippen molar-refractivity contribution in [1.29, 1.82) is 0 Å². The van der Waals surface area contributed by atoms with Crippen LogP contribution in [-0.2, 0) is 17.9 Å². The molecule has 0 radical (unpaired) electrons. The van der Waals surface area contributed by atoms with Crippen molar-refractivity contribution < 1.29 is 4.79 Å². The number of nitrogens with zero attached hydrogens (tertiary/aromatic N) is 2. The lowest BCUT2D eigenvalue weighted by molar-refractivity contribution is -0.131. The summed E-state index contributed by atoms with van der Waals surface area (Å²) in [7, 11) is 1.82. The van der Waals surface area contributed by atoms with E-state index in [1.54, 1.807) is 0 Å². The second kappa shape index (κ2) is 10.7. The number of nitrogens with one attached hydrogen (secondary N) is 2. The molecule has 1 heterocycles. The molecule has 0 aromatic heterocycles. The van der Waals surface area contributed by atoms with Gasteiger partial charge >= 0.3 is 0 Å². The molecule has 1 aromatic carbocycles. The molecule has 0 bridgehead atoms. The van der Waals surface area contributed by atoms with Gasteiger partial charge in [0.15, 0.2) is 5.96 Å². The first-order chi connectivity index (χ1) is 13.7. The predicted molar refractivity (Wildman–Crippen MR) is 119 cm³/mol. The molecule has 0 spiro atoms. The number of fused-ring (bicyclic) bond motifs is 1. The minimum Gasteiger partial charge on any atom is -0.356 e. The minimum absolute atomic E-state index is 0.243. The van der Waals surface area contributed by atoms with E-state index in [2.05, 4.69) is 46.4 Å². The molecule has 0 saturated heterocycles. The van der Waals surface area contributed by atoms with Crippen molar-refractivity contribution in [2.75, 3.05) is 19.3 Å². The monoisotopic (exact) mass is 402 g/mol. The van der Waals surface area contributed by atoms with Crippen molar-refractivity contribution in [3.8, 4) is 0 Å². The molecular weight excluding hydrogens is 368 g/mol. The van der Waals surface area contributed by atoms with Crippen LogP contribution >= 0.6 is 11.8 Å². The lowest BCUT2D eigenvalue weighted by atomic mass is 9.95. The van der Waals surface area contributed by atoms with E-state index in [1.165, 1.54) is 42.6 Å². The Morgan fingerprint density at radius 2 is 2.00 bits per heavy atom. The third-order valence-electron chi connectivity index (χ3n) is 5.65. The van der Waals surface area contributed by atoms with Crippen LogP contribution < -0.4 is 10.6 Å². The number of carbonyl (C=O) groups is 1. The fourth-order valence-corrected chi connectivity index (χ4v) is 5.34. The Balaban J connectivity index is 1.34. The van der Waals surface area contributed by atoms with Gasteiger partial charge in [-0.1, -0.05) is 37.6 Å². The van der Waals surface area contributed by atoms with E-state index < -0.39 is 0 Å². The Labute approximate surface area is 173 Å². The average Bonchev–Trinajstić information content (AvgIpc) is 3.15. The average molecular weight is 403 g/mol. The van der Waals surface area contributed by atoms with Crippen LogP contribution in [0.5, 0.6) is 0 Å². The number of aliphatic imine (C=N–C) groups is 1. The van der Waals surface area contributed by atoms with Crippen molar-refractivity contribution >= 4 is 23.6 Å². The van der Waals surface area contributed by atoms with Gasteiger partial charge in [-0.3, -0.25) is 9.79 Å². The SMILES string of the molecule is CCSC1CCCC(NC(=NC)NCCCC(=O)N2Cc3ccccc3C2)C1. The summed E-state index contributed by atoms with van der Waals surface area (Å²) >= 11 is 2.08. The summed E-state index contributed by atoms with van der Waals surface area (Å²) in [5, 5.41) is 7.74. The Morgan fingerprint density at radius 3 is 2.68 bits per heavy atom. The van der Waals surface area contributed by atoms with E-state index in [1.807, 2.05) is 24.1 Å². The number of hydrogen-bond donors (Lipinski definition) is 2. The summed E-state index contributed by atoms with van der Waals surface area (Å²) in [5.74, 6) is 2.31. The van der Waals surface area contributed by atoms with E-state index in [0.717, 1.165) is 37.3 Å². The quantitative estimate of drug-likeness (QED) is 0.416. The standard InChI is InChI=1S/C22H34N4OS/c1-3-28-20-11-6-10-19(14-20)25-22(23-2)24-13-7-12-21(27)26-15-17-8-4-5-9-18(17)16-26/h4-5,8-9,19-20H,3,6-7,10-16H2,1-2H3,(H2,23,24,25). The van der Waals surface area contributed by atoms with Gasteiger partial charge in [-0.2, -0.15) is 11.8 Å². The van der Waals surface area contributed by atoms with Gasteiger partial charge in [-0.05, 0) is 42.6 Å². The van der Waals surface area contributed by atoms with Gasteiger partial charge in [-0.25, -0.2) is 0 Å². The molecule has 2 atom stereocenters. The topological polar surface area (TPSA) is 56.7 Å². The molecule has 28 heavy (non-hydrogen) atoms. The number of carbonyl (C=O) groups excluding carboxylic acids is 1. The molecule has 3 rings (SSSR count). The van der Waals surface area contributed by atoms with Crippen LogP contribution in [0.1, 0.15) is 56.6 Å². The maximum absolute atomic E-state index is 12.5. The molecule has 2 N–H and O–H groups in total. The number of amides is 1. The maximum atomic E-state index is 12.5. The molecule has 1 aliphatic heterocycles. The van der Waals surface area contributed by atoms with E-state index in [0.29, 0.717) is 12.5 Å². The fourth-order valence-electron chi connectivity index (χ4n) is 4.17. The molecule has 1 saturated carbocycles. The van der Waals surface area contributed by atoms with E-state index in [4.69, 9.17) is 0 Å². The van der Waals surface area contributed by atoms with Crippen LogP contribution in [-0.4, -0.2) is 47.4 Å². The van der Waals surface area contributed by atoms with E-state index in [-0.39, 0.29) is 5.91 Å². The van der Waals surface area contributed by atoms with Gasteiger partial charge in [0, 0.05) is 44.4 Å². The highest BCUT2D eigenvalue weighted by Gasteiger charge is 2.23. The first kappa shape index (κ1) is 21.0. The molecule has 1 aliphatic carbocycles. The highest BCUT2D eigenvalue weighted by molar-refractivity contribution is 7.99. The molecule has 2 unspecified atom stereocenters. The molecule has 154 valence electrons. The summed E-state index contributed by atoms with van der Waals surface area (Å²) in [5.41, 5.74) is 2.57. The molecule has 2 aliphatic rings. The lowest BCUT2D eigenvalue weighted by Gasteiger charge is -2.30. The summed E-state index contributed by atoms with van der Waals surface area (Å²) < 4.78 is 0. The zero-order chi connectivity index (χ0) is 19.8. The zero-order valence-corrected chi connectivity index (χ0v) is 18.1. The van der Waals surface area contributed by atoms with Crippen molar-refractivity contribution in [3.63, 3.8) is 0 Å². The molecular formula is C22H34N4OS. The Hall–Kier alpha value is -1.69. The molecule has 5 nitrogen and oxygen atoms in total. The van der Waals surface area contributed by atoms with Crippen molar-refractivity contribution in [2.24, 2.45) is 4.99 Å². The number of hydrogen-bond acceptors (Lipinski definition) is 3. The number of thioether (sulfide) groups is 1. The predicted octanol–water partition coefficient (Wildman–Crippen LogP) is 3.54. The van der Waals surface area contributed by atoms with Crippen molar-refractivity contribution in [3.05, 3.63) is 35.4 Å². The Kier molecular flexibility index (Phi) is 8.07. The van der Waals surface area contributed by atoms with Crippen LogP contribution in [0, 0.1) is 0 Å². The number of benzene rings is 1. The van der Waals surface area contributed by atoms with Crippen LogP contribution in [0.25, 0.3) is 0 Å². The zero-order valence-electron chi connectivity index (χ0n) is 17.2. The second-order valence-electron chi connectivity index (χ2n) is 7.71. The van der Waals surface area contributed by atoms with Crippen molar-refractivity contribution in [2.45, 2.75) is 69.8 Å². The molecule has 1 aromatic rings. The largest absolute Gasteiger partial charge is 0.356 e. The molecule has 6 heteroatoms. The third kappa shape index (κ3) is 5.90. The van der Waals surface area contributed by atoms with E-state index in [9.17, 15) is 4.79 Å². The summed E-state index contributed by atoms with van der Waals surface area (Å²) in [6.07, 6.45) is 6.47. The molecule has 1 amide bonds. The van der Waals surface area contributed by atoms with E-state index >= 15 is 0 Å². The van der Waals surface area contributed by atoms with Gasteiger partial charge in [0.05, 0.1) is 0 Å². The molecule has 1 fully saturated rings. The van der Waals surface area contributed by atoms with Crippen LogP contribution in [0.4, 0.5) is 0 Å². The van der Waals surface area contributed by atoms with Gasteiger partial charge in [0.2, 0.25) is 5.91 Å². The van der Waals surface area contributed by atoms with Crippen LogP contribution in [0.15, 0.2) is 29.3 Å². The van der Waals surface area contributed by atoms with Crippen molar-refractivity contribution in [1.82, 2.24) is 15.5 Å². The minimum atomic E-state index is 0.243. The second-order valence-corrected chi connectivity index (χ2v) is 9.28. The smallest absolute Gasteiger partial charge is 0.223 e. The normalized spacial score (nSPS) is 22.1. The van der Waals surface area contributed by atoms with Gasteiger partial charge in [0.1, 0.15) is 0 Å². The first-order valence-electron chi connectivity index (χ1n) is 10.6. The highest BCUT2D eigenvalue weighted by atomic mass is 32.2. The van der Waals surface area contributed by atoms with Gasteiger partial charge < -0.3 is 15.5 Å². The fraction of sp³-hybridized carbons (Fsp3) is 0.636.